The van der Waals surface area contributed by atoms with Gasteiger partial charge in [0, 0.05) is 0 Å². The van der Waals surface area contributed by atoms with E-state index in [1.54, 1.807) is 0 Å². The molecule has 2 radical (unpaired) electrons. The highest BCUT2D eigenvalue weighted by Crippen LogP contribution is 2.55. The molecule has 0 bridgehead atoms. The van der Waals surface area contributed by atoms with Crippen LogP contribution in [0.1, 0.15) is 66.7 Å². The van der Waals surface area contributed by atoms with Gasteiger partial charge in [0.1, 0.15) is 0 Å². The summed E-state index contributed by atoms with van der Waals surface area (Å²) in [5.41, 5.74) is 0.779. The quantitative estimate of drug-likeness (QED) is 0.610. The van der Waals surface area contributed by atoms with E-state index in [1.807, 2.05) is 0 Å². The lowest BCUT2D eigenvalue weighted by Crippen LogP contribution is -2.44. The van der Waals surface area contributed by atoms with Crippen molar-refractivity contribution in [2.75, 3.05) is 0 Å². The van der Waals surface area contributed by atoms with Crippen LogP contribution in [0.2, 0.25) is 0 Å². The van der Waals surface area contributed by atoms with E-state index in [9.17, 15) is 0 Å². The molecule has 1 aliphatic rings. The van der Waals surface area contributed by atoms with Crippen molar-refractivity contribution >= 4 is 0 Å². The van der Waals surface area contributed by atoms with Crippen LogP contribution in [0.25, 0.3) is 0 Å². The molecule has 1 rings (SSSR count). The normalized spacial score (nSPS) is 37.1. The van der Waals surface area contributed by atoms with Crippen molar-refractivity contribution in [1.29, 1.82) is 0 Å². The van der Waals surface area contributed by atoms with Crippen LogP contribution in [-0.2, 0) is 0 Å². The van der Waals surface area contributed by atoms with Crippen molar-refractivity contribution in [2.45, 2.75) is 66.7 Å². The van der Waals surface area contributed by atoms with Crippen molar-refractivity contribution in [3.8, 4) is 0 Å². The van der Waals surface area contributed by atoms with Crippen LogP contribution in [-0.4, -0.2) is 0 Å². The maximum Gasteiger partial charge on any atom is -0.0106 e. The van der Waals surface area contributed by atoms with Gasteiger partial charge in [0.15, 0.2) is 0 Å². The standard InChI is InChI=1S/C14H26/c1-6-9-12-10-8-11-13(3,4)14(12,5)7-2/h12H,6-10H2,1-5H3. The lowest BCUT2D eigenvalue weighted by Gasteiger charge is -2.53. The van der Waals surface area contributed by atoms with Crippen LogP contribution >= 0.6 is 0 Å². The third-order valence-electron chi connectivity index (χ3n) is 4.76. The van der Waals surface area contributed by atoms with E-state index >= 15 is 0 Å². The van der Waals surface area contributed by atoms with Crippen molar-refractivity contribution in [1.82, 2.24) is 0 Å². The Bertz CT molecular complexity index is 178. The fourth-order valence-electron chi connectivity index (χ4n) is 3.13. The minimum atomic E-state index is 0.305. The molecule has 0 heterocycles. The summed E-state index contributed by atoms with van der Waals surface area (Å²) in [6.45, 7) is 11.9. The van der Waals surface area contributed by atoms with Crippen molar-refractivity contribution in [2.24, 2.45) is 16.7 Å². The number of rotatable bonds is 3. The van der Waals surface area contributed by atoms with Gasteiger partial charge in [0.05, 0.1) is 0 Å². The summed E-state index contributed by atoms with van der Waals surface area (Å²) in [6, 6.07) is 0. The van der Waals surface area contributed by atoms with Gasteiger partial charge in [-0.25, -0.2) is 0 Å². The molecule has 0 aromatic heterocycles. The second kappa shape index (κ2) is 4.24. The second-order valence-electron chi connectivity index (χ2n) is 5.60. The van der Waals surface area contributed by atoms with Crippen molar-refractivity contribution in [3.05, 3.63) is 6.42 Å². The van der Waals surface area contributed by atoms with Crippen LogP contribution in [0.3, 0.4) is 0 Å². The Hall–Kier alpha value is 0. The molecule has 14 heavy (non-hydrogen) atoms. The first-order chi connectivity index (χ1) is 6.48. The molecule has 2 atom stereocenters. The third-order valence-corrected chi connectivity index (χ3v) is 4.76. The molecule has 0 nitrogen and oxygen atoms in total. The first-order valence-corrected chi connectivity index (χ1v) is 6.23. The first-order valence-electron chi connectivity index (χ1n) is 6.23. The van der Waals surface area contributed by atoms with E-state index in [4.69, 9.17) is 0 Å². The molecule has 0 aromatic carbocycles. The highest BCUT2D eigenvalue weighted by Gasteiger charge is 2.47. The smallest absolute Gasteiger partial charge is 0.0106 e. The number of hydrogen-bond acceptors (Lipinski definition) is 0. The van der Waals surface area contributed by atoms with E-state index in [2.05, 4.69) is 41.0 Å². The minimum absolute atomic E-state index is 0.305. The van der Waals surface area contributed by atoms with Gasteiger partial charge in [-0.3, -0.25) is 0 Å². The zero-order valence-corrected chi connectivity index (χ0v) is 10.6. The van der Waals surface area contributed by atoms with E-state index in [-0.39, 0.29) is 0 Å². The Morgan fingerprint density at radius 3 is 2.36 bits per heavy atom. The predicted octanol–water partition coefficient (Wildman–Crippen LogP) is 4.72. The third kappa shape index (κ3) is 1.85. The van der Waals surface area contributed by atoms with Gasteiger partial charge in [0.2, 0.25) is 0 Å². The van der Waals surface area contributed by atoms with Gasteiger partial charge in [-0.15, -0.1) is 0 Å². The van der Waals surface area contributed by atoms with Crippen LogP contribution < -0.4 is 0 Å². The van der Waals surface area contributed by atoms with Crippen LogP contribution in [0, 0.1) is 23.2 Å². The average molecular weight is 194 g/mol. The summed E-state index contributed by atoms with van der Waals surface area (Å²) in [7, 11) is 0. The van der Waals surface area contributed by atoms with Gasteiger partial charge in [-0.05, 0) is 42.4 Å². The minimum Gasteiger partial charge on any atom is -0.0654 e. The van der Waals surface area contributed by atoms with Crippen molar-refractivity contribution < 1.29 is 0 Å². The Balaban J connectivity index is 2.84. The fourth-order valence-corrected chi connectivity index (χ4v) is 3.13. The maximum absolute atomic E-state index is 3.69. The lowest BCUT2D eigenvalue weighted by molar-refractivity contribution is 0.00297. The molecule has 0 amide bonds. The molecule has 2 unspecified atom stereocenters. The topological polar surface area (TPSA) is 0 Å². The SMILES string of the molecule is CCCC1CC[C]C(C)(C)C1(C)CC. The zero-order chi connectivity index (χ0) is 10.8. The molecule has 1 saturated carbocycles. The van der Waals surface area contributed by atoms with Gasteiger partial charge < -0.3 is 0 Å². The summed E-state index contributed by atoms with van der Waals surface area (Å²) in [4.78, 5) is 0. The average Bonchev–Trinajstić information content (AvgIpc) is 2.13. The Morgan fingerprint density at radius 2 is 1.86 bits per heavy atom. The van der Waals surface area contributed by atoms with E-state index in [1.165, 1.54) is 32.1 Å². The molecule has 1 fully saturated rings. The molecular weight excluding hydrogens is 168 g/mol. The maximum atomic E-state index is 3.69. The summed E-state index contributed by atoms with van der Waals surface area (Å²) in [6.07, 6.45) is 10.3. The highest BCUT2D eigenvalue weighted by atomic mass is 14.5. The van der Waals surface area contributed by atoms with Gasteiger partial charge in [-0.1, -0.05) is 47.5 Å². The fraction of sp³-hybridized carbons (Fsp3) is 0.929. The van der Waals surface area contributed by atoms with Crippen LogP contribution in [0.15, 0.2) is 0 Å². The zero-order valence-electron chi connectivity index (χ0n) is 10.6. The molecular formula is C14H26. The second-order valence-corrected chi connectivity index (χ2v) is 5.60. The van der Waals surface area contributed by atoms with E-state index < -0.39 is 0 Å². The van der Waals surface area contributed by atoms with E-state index in [0.717, 1.165) is 5.92 Å². The molecule has 1 aliphatic carbocycles. The van der Waals surface area contributed by atoms with Crippen LogP contribution in [0.4, 0.5) is 0 Å². The highest BCUT2D eigenvalue weighted by molar-refractivity contribution is 5.04. The van der Waals surface area contributed by atoms with Gasteiger partial charge in [-0.2, -0.15) is 0 Å². The van der Waals surface area contributed by atoms with Crippen molar-refractivity contribution in [3.63, 3.8) is 0 Å². The van der Waals surface area contributed by atoms with E-state index in [0.29, 0.717) is 10.8 Å². The first kappa shape index (κ1) is 12.1. The molecule has 0 aromatic rings. The summed E-state index contributed by atoms with van der Waals surface area (Å²) in [5.74, 6) is 0.911. The van der Waals surface area contributed by atoms with Gasteiger partial charge in [0.25, 0.3) is 0 Å². The molecule has 0 N–H and O–H groups in total. The Kier molecular flexibility index (Phi) is 3.66. The lowest BCUT2D eigenvalue weighted by atomic mass is 9.52. The molecule has 0 saturated heterocycles. The molecule has 0 spiro atoms. The largest absolute Gasteiger partial charge is 0.0654 e. The monoisotopic (exact) mass is 194 g/mol. The predicted molar refractivity (Wildman–Crippen MR) is 63.1 cm³/mol. The molecule has 82 valence electrons. The Labute approximate surface area is 90.5 Å². The summed E-state index contributed by atoms with van der Waals surface area (Å²) < 4.78 is 0. The molecule has 0 aliphatic heterocycles. The number of hydrogen-bond donors (Lipinski definition) is 0. The van der Waals surface area contributed by atoms with Crippen LogP contribution in [0.5, 0.6) is 0 Å². The van der Waals surface area contributed by atoms with Gasteiger partial charge >= 0.3 is 0 Å². The summed E-state index contributed by atoms with van der Waals surface area (Å²) >= 11 is 0. The Morgan fingerprint density at radius 1 is 1.21 bits per heavy atom. The summed E-state index contributed by atoms with van der Waals surface area (Å²) in [5, 5.41) is 0. The molecule has 0 heteroatoms.